The molecule has 1 N–H and O–H groups in total. The van der Waals surface area contributed by atoms with Crippen LogP contribution in [-0.2, 0) is 17.3 Å². The molecule has 0 bridgehead atoms. The van der Waals surface area contributed by atoms with E-state index in [0.717, 1.165) is 16.9 Å². The van der Waals surface area contributed by atoms with Gasteiger partial charge in [0.25, 0.3) is 0 Å². The normalized spacial score (nSPS) is 11.6. The van der Waals surface area contributed by atoms with Crippen molar-refractivity contribution in [1.82, 2.24) is 9.13 Å². The summed E-state index contributed by atoms with van der Waals surface area (Å²) in [5, 5.41) is 9.11. The molecule has 2 rings (SSSR count). The number of aromatic nitrogens is 2. The van der Waals surface area contributed by atoms with Gasteiger partial charge in [-0.15, -0.1) is 0 Å². The number of carboxylic acid groups (broad SMARTS) is 1. The average molecular weight is 288 g/mol. The third-order valence-electron chi connectivity index (χ3n) is 3.69. The van der Waals surface area contributed by atoms with Crippen LogP contribution in [0, 0.1) is 6.92 Å². The molecule has 5 nitrogen and oxygen atoms in total. The maximum Gasteiger partial charge on any atom is 0.332 e. The summed E-state index contributed by atoms with van der Waals surface area (Å²) in [6.07, 6.45) is 1.77. The highest BCUT2D eigenvalue weighted by atomic mass is 16.4. The number of imidazole rings is 1. The van der Waals surface area contributed by atoms with Crippen molar-refractivity contribution in [2.24, 2.45) is 7.05 Å². The zero-order chi connectivity index (χ0) is 15.8. The SMILES string of the molecule is Cc1cn(C)c(=O)n1-c1ccccc1C(C)(C)CC(=O)O. The maximum absolute atomic E-state index is 12.3. The van der Waals surface area contributed by atoms with Gasteiger partial charge < -0.3 is 9.67 Å². The van der Waals surface area contributed by atoms with Gasteiger partial charge in [0, 0.05) is 24.4 Å². The molecule has 2 aromatic rings. The molecule has 0 amide bonds. The first-order valence-electron chi connectivity index (χ1n) is 6.80. The Bertz CT molecular complexity index is 738. The summed E-state index contributed by atoms with van der Waals surface area (Å²) in [5.74, 6) is -0.855. The molecule has 1 aromatic carbocycles. The molecule has 0 fully saturated rings. The summed E-state index contributed by atoms with van der Waals surface area (Å²) in [7, 11) is 1.71. The fourth-order valence-electron chi connectivity index (χ4n) is 2.71. The van der Waals surface area contributed by atoms with Crippen LogP contribution >= 0.6 is 0 Å². The molecule has 21 heavy (non-hydrogen) atoms. The van der Waals surface area contributed by atoms with Gasteiger partial charge in [0.05, 0.1) is 12.1 Å². The molecule has 1 aromatic heterocycles. The molecule has 0 aliphatic rings. The second-order valence-corrected chi connectivity index (χ2v) is 5.97. The average Bonchev–Trinajstić information content (AvgIpc) is 2.62. The molecule has 5 heteroatoms. The largest absolute Gasteiger partial charge is 0.481 e. The summed E-state index contributed by atoms with van der Waals surface area (Å²) in [6, 6.07) is 7.46. The molecule has 112 valence electrons. The van der Waals surface area contributed by atoms with E-state index in [1.54, 1.807) is 17.8 Å². The second-order valence-electron chi connectivity index (χ2n) is 5.97. The molecule has 0 aliphatic carbocycles. The standard InChI is InChI=1S/C16H20N2O3/c1-11-10-17(4)15(21)18(11)13-8-6-5-7-12(13)16(2,3)9-14(19)20/h5-8,10H,9H2,1-4H3,(H,19,20). The number of aryl methyl sites for hydroxylation is 2. The van der Waals surface area contributed by atoms with Crippen molar-refractivity contribution < 1.29 is 9.90 Å². The first-order chi connectivity index (χ1) is 9.74. The minimum absolute atomic E-state index is 0.00461. The number of carbonyl (C=O) groups is 1. The summed E-state index contributed by atoms with van der Waals surface area (Å²) < 4.78 is 3.15. The van der Waals surface area contributed by atoms with Gasteiger partial charge in [0.2, 0.25) is 0 Å². The highest BCUT2D eigenvalue weighted by Gasteiger charge is 2.28. The fourth-order valence-corrected chi connectivity index (χ4v) is 2.71. The van der Waals surface area contributed by atoms with Gasteiger partial charge in [0.15, 0.2) is 0 Å². The zero-order valence-electron chi connectivity index (χ0n) is 12.8. The Labute approximate surface area is 123 Å². The predicted octanol–water partition coefficient (Wildman–Crippen LogP) is 2.24. The molecule has 0 saturated heterocycles. The molecule has 0 atom stereocenters. The van der Waals surface area contributed by atoms with E-state index < -0.39 is 11.4 Å². The number of aliphatic carboxylic acids is 1. The molecular weight excluding hydrogens is 268 g/mol. The topological polar surface area (TPSA) is 64.2 Å². The van der Waals surface area contributed by atoms with Crippen LogP contribution < -0.4 is 5.69 Å². The maximum atomic E-state index is 12.3. The van der Waals surface area contributed by atoms with Crippen molar-refractivity contribution >= 4 is 5.97 Å². The van der Waals surface area contributed by atoms with Gasteiger partial charge >= 0.3 is 11.7 Å². The Kier molecular flexibility index (Phi) is 3.77. The van der Waals surface area contributed by atoms with E-state index in [9.17, 15) is 9.59 Å². The lowest BCUT2D eigenvalue weighted by Crippen LogP contribution is -2.27. The van der Waals surface area contributed by atoms with Crippen LogP contribution in [0.2, 0.25) is 0 Å². The minimum Gasteiger partial charge on any atom is -0.481 e. The molecule has 0 aliphatic heterocycles. The predicted molar refractivity (Wildman–Crippen MR) is 81.0 cm³/mol. The number of rotatable bonds is 4. The lowest BCUT2D eigenvalue weighted by atomic mass is 9.80. The third kappa shape index (κ3) is 2.77. The highest BCUT2D eigenvalue weighted by Crippen LogP contribution is 2.31. The van der Waals surface area contributed by atoms with Gasteiger partial charge in [-0.05, 0) is 18.6 Å². The Hall–Kier alpha value is -2.30. The van der Waals surface area contributed by atoms with E-state index in [4.69, 9.17) is 5.11 Å². The summed E-state index contributed by atoms with van der Waals surface area (Å²) in [5.41, 5.74) is 1.72. The van der Waals surface area contributed by atoms with Gasteiger partial charge in [0.1, 0.15) is 0 Å². The number of hydrogen-bond acceptors (Lipinski definition) is 2. The summed E-state index contributed by atoms with van der Waals surface area (Å²) in [4.78, 5) is 23.4. The quantitative estimate of drug-likeness (QED) is 0.938. The fraction of sp³-hybridized carbons (Fsp3) is 0.375. The highest BCUT2D eigenvalue weighted by molar-refractivity contribution is 5.69. The van der Waals surface area contributed by atoms with Gasteiger partial charge in [-0.25, -0.2) is 4.79 Å². The van der Waals surface area contributed by atoms with Crippen LogP contribution in [0.25, 0.3) is 5.69 Å². The van der Waals surface area contributed by atoms with Gasteiger partial charge in [-0.2, -0.15) is 0 Å². The molecule has 0 radical (unpaired) electrons. The summed E-state index contributed by atoms with van der Waals surface area (Å²) in [6.45, 7) is 5.62. The Balaban J connectivity index is 2.67. The Morgan fingerprint density at radius 2 is 1.90 bits per heavy atom. The molecular formula is C16H20N2O3. The second kappa shape index (κ2) is 5.24. The Morgan fingerprint density at radius 3 is 2.43 bits per heavy atom. The Morgan fingerprint density at radius 1 is 1.29 bits per heavy atom. The van der Waals surface area contributed by atoms with Crippen LogP contribution in [0.4, 0.5) is 0 Å². The van der Waals surface area contributed by atoms with Crippen molar-refractivity contribution in [2.45, 2.75) is 32.6 Å². The van der Waals surface area contributed by atoms with E-state index in [-0.39, 0.29) is 12.1 Å². The van der Waals surface area contributed by atoms with Crippen LogP contribution in [0.15, 0.2) is 35.3 Å². The first-order valence-corrected chi connectivity index (χ1v) is 6.80. The monoisotopic (exact) mass is 288 g/mol. The van der Waals surface area contributed by atoms with E-state index >= 15 is 0 Å². The van der Waals surface area contributed by atoms with Gasteiger partial charge in [-0.3, -0.25) is 9.36 Å². The van der Waals surface area contributed by atoms with Gasteiger partial charge in [-0.1, -0.05) is 32.0 Å². The van der Waals surface area contributed by atoms with E-state index in [1.807, 2.05) is 45.0 Å². The lowest BCUT2D eigenvalue weighted by Gasteiger charge is -2.26. The van der Waals surface area contributed by atoms with Crippen molar-refractivity contribution in [3.8, 4) is 5.69 Å². The van der Waals surface area contributed by atoms with E-state index in [1.165, 1.54) is 4.57 Å². The zero-order valence-corrected chi connectivity index (χ0v) is 12.8. The number of hydrogen-bond donors (Lipinski definition) is 1. The van der Waals surface area contributed by atoms with Crippen molar-refractivity contribution in [3.63, 3.8) is 0 Å². The third-order valence-corrected chi connectivity index (χ3v) is 3.69. The molecule has 0 unspecified atom stereocenters. The van der Waals surface area contributed by atoms with E-state index in [2.05, 4.69) is 0 Å². The first kappa shape index (κ1) is 15.1. The molecule has 1 heterocycles. The van der Waals surface area contributed by atoms with Crippen LogP contribution in [-0.4, -0.2) is 20.2 Å². The van der Waals surface area contributed by atoms with Crippen molar-refractivity contribution in [2.75, 3.05) is 0 Å². The van der Waals surface area contributed by atoms with Crippen LogP contribution in [0.3, 0.4) is 0 Å². The smallest absolute Gasteiger partial charge is 0.332 e. The number of para-hydroxylation sites is 1. The minimum atomic E-state index is -0.855. The van der Waals surface area contributed by atoms with Crippen LogP contribution in [0.5, 0.6) is 0 Å². The summed E-state index contributed by atoms with van der Waals surface area (Å²) >= 11 is 0. The number of benzene rings is 1. The van der Waals surface area contributed by atoms with Crippen molar-refractivity contribution in [3.05, 3.63) is 52.2 Å². The number of carboxylic acids is 1. The number of nitrogens with zero attached hydrogens (tertiary/aromatic N) is 2. The van der Waals surface area contributed by atoms with Crippen LogP contribution in [0.1, 0.15) is 31.5 Å². The molecule has 0 saturated carbocycles. The van der Waals surface area contributed by atoms with E-state index in [0.29, 0.717) is 0 Å². The molecule has 0 spiro atoms. The lowest BCUT2D eigenvalue weighted by molar-refractivity contribution is -0.138. The van der Waals surface area contributed by atoms with Crippen molar-refractivity contribution in [1.29, 1.82) is 0 Å².